The van der Waals surface area contributed by atoms with Crippen molar-refractivity contribution < 1.29 is 0 Å². The summed E-state index contributed by atoms with van der Waals surface area (Å²) in [4.78, 5) is 5.33. The van der Waals surface area contributed by atoms with Gasteiger partial charge in [-0.1, -0.05) is 6.92 Å². The molecule has 0 aromatic rings. The molecule has 2 saturated heterocycles. The molecule has 2 fully saturated rings. The van der Waals surface area contributed by atoms with E-state index in [-0.39, 0.29) is 0 Å². The van der Waals surface area contributed by atoms with E-state index in [9.17, 15) is 0 Å². The van der Waals surface area contributed by atoms with Gasteiger partial charge < -0.3 is 5.32 Å². The molecule has 100 valence electrons. The van der Waals surface area contributed by atoms with Gasteiger partial charge in [0.2, 0.25) is 0 Å². The van der Waals surface area contributed by atoms with Gasteiger partial charge in [0.05, 0.1) is 0 Å². The quantitative estimate of drug-likeness (QED) is 0.803. The molecular formula is C14H29N3. The van der Waals surface area contributed by atoms with Crippen LogP contribution in [0.4, 0.5) is 0 Å². The topological polar surface area (TPSA) is 18.5 Å². The first-order valence-corrected chi connectivity index (χ1v) is 7.32. The highest BCUT2D eigenvalue weighted by atomic mass is 15.3. The molecule has 2 heterocycles. The van der Waals surface area contributed by atoms with Crippen LogP contribution in [0, 0.1) is 0 Å². The van der Waals surface area contributed by atoms with Gasteiger partial charge in [-0.05, 0) is 46.7 Å². The number of rotatable bonds is 4. The summed E-state index contributed by atoms with van der Waals surface area (Å²) >= 11 is 0. The third-order valence-electron chi connectivity index (χ3n) is 5.01. The van der Waals surface area contributed by atoms with E-state index in [4.69, 9.17) is 0 Å². The molecule has 0 radical (unpaired) electrons. The second-order valence-corrected chi connectivity index (χ2v) is 5.92. The number of nitrogens with zero attached hydrogens (tertiary/aromatic N) is 2. The predicted octanol–water partition coefficient (Wildman–Crippen LogP) is 1.54. The van der Waals surface area contributed by atoms with Crippen molar-refractivity contribution >= 4 is 0 Å². The zero-order valence-electron chi connectivity index (χ0n) is 11.9. The molecule has 3 heteroatoms. The van der Waals surface area contributed by atoms with E-state index in [0.29, 0.717) is 12.1 Å². The molecule has 2 rings (SSSR count). The van der Waals surface area contributed by atoms with Crippen LogP contribution in [0.25, 0.3) is 0 Å². The van der Waals surface area contributed by atoms with Crippen LogP contribution >= 0.6 is 0 Å². The van der Waals surface area contributed by atoms with E-state index in [2.05, 4.69) is 42.9 Å². The number of hydrogen-bond acceptors (Lipinski definition) is 3. The molecule has 2 aliphatic rings. The smallest absolute Gasteiger partial charge is 0.0223 e. The van der Waals surface area contributed by atoms with Crippen LogP contribution in [0.5, 0.6) is 0 Å². The van der Waals surface area contributed by atoms with Gasteiger partial charge in [0, 0.05) is 37.3 Å². The van der Waals surface area contributed by atoms with E-state index in [1.165, 1.54) is 32.4 Å². The first kappa shape index (κ1) is 13.3. The summed E-state index contributed by atoms with van der Waals surface area (Å²) in [6, 6.07) is 2.91. The Balaban J connectivity index is 1.94. The van der Waals surface area contributed by atoms with Crippen molar-refractivity contribution in [2.24, 2.45) is 0 Å². The molecule has 17 heavy (non-hydrogen) atoms. The van der Waals surface area contributed by atoms with Gasteiger partial charge >= 0.3 is 0 Å². The normalized spacial score (nSPS) is 34.6. The van der Waals surface area contributed by atoms with E-state index < -0.39 is 0 Å². The molecule has 2 aliphatic heterocycles. The Hall–Kier alpha value is -0.120. The lowest BCUT2D eigenvalue weighted by Gasteiger charge is -2.34. The van der Waals surface area contributed by atoms with Crippen LogP contribution in [0.3, 0.4) is 0 Å². The highest BCUT2D eigenvalue weighted by Gasteiger charge is 2.36. The lowest BCUT2D eigenvalue weighted by molar-refractivity contribution is 0.156. The SMILES string of the molecule is CCNC(C)C(C)N1CCC2CCC(C1)N2C. The summed E-state index contributed by atoms with van der Waals surface area (Å²) < 4.78 is 0. The third-order valence-corrected chi connectivity index (χ3v) is 5.01. The second-order valence-electron chi connectivity index (χ2n) is 5.92. The monoisotopic (exact) mass is 239 g/mol. The number of hydrogen-bond donors (Lipinski definition) is 1. The van der Waals surface area contributed by atoms with Gasteiger partial charge in [0.1, 0.15) is 0 Å². The Kier molecular flexibility index (Phi) is 4.45. The Bertz CT molecular complexity index is 244. The molecule has 0 amide bonds. The Morgan fingerprint density at radius 3 is 2.59 bits per heavy atom. The van der Waals surface area contributed by atoms with Crippen molar-refractivity contribution in [2.45, 2.75) is 64.2 Å². The maximum absolute atomic E-state index is 3.56. The molecule has 0 aliphatic carbocycles. The molecule has 1 N–H and O–H groups in total. The largest absolute Gasteiger partial charge is 0.313 e. The minimum atomic E-state index is 0.599. The molecule has 2 bridgehead atoms. The zero-order valence-corrected chi connectivity index (χ0v) is 11.9. The van der Waals surface area contributed by atoms with Crippen molar-refractivity contribution in [1.29, 1.82) is 0 Å². The van der Waals surface area contributed by atoms with Crippen LogP contribution in [0.15, 0.2) is 0 Å². The van der Waals surface area contributed by atoms with Crippen molar-refractivity contribution in [3.05, 3.63) is 0 Å². The Labute approximate surface area is 107 Å². The van der Waals surface area contributed by atoms with Gasteiger partial charge in [0.15, 0.2) is 0 Å². The van der Waals surface area contributed by atoms with Crippen molar-refractivity contribution in [2.75, 3.05) is 26.7 Å². The Morgan fingerprint density at radius 1 is 1.18 bits per heavy atom. The van der Waals surface area contributed by atoms with Crippen molar-refractivity contribution in [3.63, 3.8) is 0 Å². The minimum Gasteiger partial charge on any atom is -0.313 e. The molecule has 4 atom stereocenters. The summed E-state index contributed by atoms with van der Waals surface area (Å²) in [5.74, 6) is 0. The van der Waals surface area contributed by atoms with Gasteiger partial charge in [-0.2, -0.15) is 0 Å². The highest BCUT2D eigenvalue weighted by Crippen LogP contribution is 2.29. The summed E-state index contributed by atoms with van der Waals surface area (Å²) in [5.41, 5.74) is 0. The maximum atomic E-state index is 3.56. The Morgan fingerprint density at radius 2 is 1.88 bits per heavy atom. The van der Waals surface area contributed by atoms with Crippen molar-refractivity contribution in [1.82, 2.24) is 15.1 Å². The molecule has 0 spiro atoms. The van der Waals surface area contributed by atoms with Crippen LogP contribution in [-0.4, -0.2) is 60.6 Å². The maximum Gasteiger partial charge on any atom is 0.0223 e. The molecule has 0 saturated carbocycles. The number of likely N-dealkylation sites (tertiary alicyclic amines) is 1. The van der Waals surface area contributed by atoms with E-state index >= 15 is 0 Å². The van der Waals surface area contributed by atoms with Gasteiger partial charge in [-0.25, -0.2) is 0 Å². The summed E-state index contributed by atoms with van der Waals surface area (Å²) in [5, 5.41) is 3.56. The van der Waals surface area contributed by atoms with Crippen LogP contribution in [0.2, 0.25) is 0 Å². The van der Waals surface area contributed by atoms with Gasteiger partial charge in [0.25, 0.3) is 0 Å². The minimum absolute atomic E-state index is 0.599. The van der Waals surface area contributed by atoms with E-state index in [1.807, 2.05) is 0 Å². The van der Waals surface area contributed by atoms with Gasteiger partial charge in [-0.15, -0.1) is 0 Å². The highest BCUT2D eigenvalue weighted by molar-refractivity contribution is 4.93. The van der Waals surface area contributed by atoms with Crippen LogP contribution < -0.4 is 5.32 Å². The van der Waals surface area contributed by atoms with E-state index in [0.717, 1.165) is 18.6 Å². The first-order valence-electron chi connectivity index (χ1n) is 7.32. The van der Waals surface area contributed by atoms with Gasteiger partial charge in [-0.3, -0.25) is 9.80 Å². The molecule has 0 aromatic heterocycles. The van der Waals surface area contributed by atoms with Crippen molar-refractivity contribution in [3.8, 4) is 0 Å². The lowest BCUT2D eigenvalue weighted by atomic mass is 10.0. The lowest BCUT2D eigenvalue weighted by Crippen LogP contribution is -2.49. The average molecular weight is 239 g/mol. The number of likely N-dealkylation sites (N-methyl/N-ethyl adjacent to an activating group) is 2. The fourth-order valence-electron chi connectivity index (χ4n) is 3.51. The average Bonchev–Trinajstić information content (AvgIpc) is 2.53. The first-order chi connectivity index (χ1) is 8.13. The predicted molar refractivity (Wildman–Crippen MR) is 73.4 cm³/mol. The molecule has 0 aromatic carbocycles. The summed E-state index contributed by atoms with van der Waals surface area (Å²) in [7, 11) is 2.32. The third kappa shape index (κ3) is 2.83. The number of fused-ring (bicyclic) bond motifs is 2. The summed E-state index contributed by atoms with van der Waals surface area (Å²) in [6.07, 6.45) is 4.18. The van der Waals surface area contributed by atoms with E-state index in [1.54, 1.807) is 0 Å². The fraction of sp³-hybridized carbons (Fsp3) is 1.00. The molecule has 4 unspecified atom stereocenters. The molecular weight excluding hydrogens is 210 g/mol. The van der Waals surface area contributed by atoms with Crippen LogP contribution in [-0.2, 0) is 0 Å². The number of nitrogens with one attached hydrogen (secondary N) is 1. The zero-order chi connectivity index (χ0) is 12.4. The summed E-state index contributed by atoms with van der Waals surface area (Å²) in [6.45, 7) is 10.5. The fourth-order valence-corrected chi connectivity index (χ4v) is 3.51. The standard InChI is InChI=1S/C14H29N3/c1-5-15-11(2)12(3)17-9-8-13-6-7-14(10-17)16(13)4/h11-15H,5-10H2,1-4H3. The molecule has 3 nitrogen and oxygen atoms in total. The van der Waals surface area contributed by atoms with Crippen LogP contribution in [0.1, 0.15) is 40.0 Å². The second kappa shape index (κ2) is 5.68.